The van der Waals surface area contributed by atoms with Crippen molar-refractivity contribution in [3.05, 3.63) is 27.4 Å². The number of anilines is 1. The molecule has 0 aliphatic heterocycles. The Bertz CT molecular complexity index is 336. The Kier molecular flexibility index (Phi) is 4.37. The fraction of sp³-hybridized carbons (Fsp3) is 0.400. The van der Waals surface area contributed by atoms with E-state index in [2.05, 4.69) is 21.2 Å². The predicted octanol–water partition coefficient (Wildman–Crippen LogP) is 3.42. The molecule has 0 aliphatic carbocycles. The summed E-state index contributed by atoms with van der Waals surface area (Å²) in [6.07, 6.45) is -0.516. The molecule has 2 atom stereocenters. The molecule has 0 bridgehead atoms. The third-order valence-electron chi connectivity index (χ3n) is 2.10. The van der Waals surface area contributed by atoms with Gasteiger partial charge < -0.3 is 10.4 Å². The van der Waals surface area contributed by atoms with Gasteiger partial charge in [-0.2, -0.15) is 0 Å². The second kappa shape index (κ2) is 5.14. The second-order valence-electron chi connectivity index (χ2n) is 3.42. The Labute approximate surface area is 102 Å². The minimum absolute atomic E-state index is 0.163. The zero-order chi connectivity index (χ0) is 11.6. The van der Waals surface area contributed by atoms with E-state index in [0.717, 1.165) is 0 Å². The van der Waals surface area contributed by atoms with Gasteiger partial charge in [-0.25, -0.2) is 4.39 Å². The van der Waals surface area contributed by atoms with Crippen molar-refractivity contribution in [2.45, 2.75) is 26.0 Å². The lowest BCUT2D eigenvalue weighted by molar-refractivity contribution is 0.178. The van der Waals surface area contributed by atoms with Gasteiger partial charge in [-0.3, -0.25) is 0 Å². The molecule has 0 heterocycles. The van der Waals surface area contributed by atoms with Gasteiger partial charge in [-0.05, 0) is 41.9 Å². The first-order chi connectivity index (χ1) is 6.91. The maximum atomic E-state index is 12.9. The van der Waals surface area contributed by atoms with Crippen LogP contribution in [-0.2, 0) is 0 Å². The summed E-state index contributed by atoms with van der Waals surface area (Å²) in [5.74, 6) is -0.401. The molecule has 0 aromatic heterocycles. The van der Waals surface area contributed by atoms with Gasteiger partial charge in [-0.1, -0.05) is 11.6 Å². The molecule has 1 aromatic rings. The van der Waals surface area contributed by atoms with Crippen molar-refractivity contribution in [2.75, 3.05) is 5.32 Å². The van der Waals surface area contributed by atoms with Crippen LogP contribution in [0.5, 0.6) is 0 Å². The smallest absolute Gasteiger partial charge is 0.125 e. The van der Waals surface area contributed by atoms with E-state index in [1.165, 1.54) is 12.1 Å². The highest BCUT2D eigenvalue weighted by Crippen LogP contribution is 2.32. The van der Waals surface area contributed by atoms with Gasteiger partial charge in [0.15, 0.2) is 0 Å². The van der Waals surface area contributed by atoms with Crippen LogP contribution < -0.4 is 5.32 Å². The summed E-state index contributed by atoms with van der Waals surface area (Å²) in [6, 6.07) is 2.39. The van der Waals surface area contributed by atoms with Crippen LogP contribution in [-0.4, -0.2) is 17.3 Å². The van der Waals surface area contributed by atoms with Crippen molar-refractivity contribution in [3.63, 3.8) is 0 Å². The van der Waals surface area contributed by atoms with Crippen molar-refractivity contribution >= 4 is 33.2 Å². The molecule has 15 heavy (non-hydrogen) atoms. The molecule has 1 rings (SSSR count). The molecular formula is C10H12BrClFNO. The highest BCUT2D eigenvalue weighted by atomic mass is 79.9. The summed E-state index contributed by atoms with van der Waals surface area (Å²) >= 11 is 9.08. The van der Waals surface area contributed by atoms with Crippen LogP contribution in [0.3, 0.4) is 0 Å². The monoisotopic (exact) mass is 295 g/mol. The van der Waals surface area contributed by atoms with Gasteiger partial charge in [-0.15, -0.1) is 0 Å². The number of nitrogens with one attached hydrogen (secondary N) is 1. The van der Waals surface area contributed by atoms with Crippen molar-refractivity contribution < 1.29 is 9.50 Å². The molecule has 0 fully saturated rings. The third kappa shape index (κ3) is 3.33. The van der Waals surface area contributed by atoms with E-state index >= 15 is 0 Å². The summed E-state index contributed by atoms with van der Waals surface area (Å²) in [5, 5.41) is 12.6. The van der Waals surface area contributed by atoms with Crippen LogP contribution >= 0.6 is 27.5 Å². The minimum Gasteiger partial charge on any atom is -0.391 e. The van der Waals surface area contributed by atoms with Crippen molar-refractivity contribution in [3.8, 4) is 0 Å². The average molecular weight is 297 g/mol. The molecular weight excluding hydrogens is 284 g/mol. The summed E-state index contributed by atoms with van der Waals surface area (Å²) in [6.45, 7) is 3.49. The number of hydrogen-bond donors (Lipinski definition) is 2. The van der Waals surface area contributed by atoms with Crippen LogP contribution in [0.1, 0.15) is 13.8 Å². The number of benzene rings is 1. The van der Waals surface area contributed by atoms with Gasteiger partial charge in [0.1, 0.15) is 5.82 Å². The Morgan fingerprint density at radius 1 is 1.47 bits per heavy atom. The van der Waals surface area contributed by atoms with Crippen LogP contribution in [0.2, 0.25) is 5.02 Å². The molecule has 5 heteroatoms. The topological polar surface area (TPSA) is 32.3 Å². The lowest BCUT2D eigenvalue weighted by Crippen LogP contribution is -2.28. The first-order valence-corrected chi connectivity index (χ1v) is 5.68. The molecule has 2 unspecified atom stereocenters. The molecule has 0 aliphatic rings. The van der Waals surface area contributed by atoms with Crippen LogP contribution in [0.15, 0.2) is 16.6 Å². The van der Waals surface area contributed by atoms with Crippen LogP contribution in [0, 0.1) is 5.82 Å². The molecule has 2 N–H and O–H groups in total. The number of aliphatic hydroxyl groups is 1. The standard InChI is InChI=1S/C10H12BrClFNO/c1-5(6(2)15)14-10-8(11)3-7(13)4-9(10)12/h3-6,14-15H,1-2H3. The highest BCUT2D eigenvalue weighted by molar-refractivity contribution is 9.10. The molecule has 0 radical (unpaired) electrons. The predicted molar refractivity (Wildman–Crippen MR) is 63.9 cm³/mol. The van der Waals surface area contributed by atoms with Gasteiger partial charge in [0, 0.05) is 10.5 Å². The molecule has 0 saturated carbocycles. The van der Waals surface area contributed by atoms with E-state index in [1.54, 1.807) is 6.92 Å². The molecule has 2 nitrogen and oxygen atoms in total. The maximum absolute atomic E-state index is 12.9. The molecule has 1 aromatic carbocycles. The molecule has 0 saturated heterocycles. The summed E-state index contributed by atoms with van der Waals surface area (Å²) in [4.78, 5) is 0. The zero-order valence-electron chi connectivity index (χ0n) is 8.39. The second-order valence-corrected chi connectivity index (χ2v) is 4.68. The van der Waals surface area contributed by atoms with E-state index in [0.29, 0.717) is 10.2 Å². The minimum atomic E-state index is -0.516. The molecule has 0 amide bonds. The van der Waals surface area contributed by atoms with E-state index in [4.69, 9.17) is 11.6 Å². The van der Waals surface area contributed by atoms with Crippen LogP contribution in [0.4, 0.5) is 10.1 Å². The van der Waals surface area contributed by atoms with Crippen molar-refractivity contribution in [1.82, 2.24) is 0 Å². The van der Waals surface area contributed by atoms with Gasteiger partial charge >= 0.3 is 0 Å². The fourth-order valence-corrected chi connectivity index (χ4v) is 1.95. The highest BCUT2D eigenvalue weighted by Gasteiger charge is 2.13. The number of halogens is 3. The molecule has 0 spiro atoms. The maximum Gasteiger partial charge on any atom is 0.125 e. The SMILES string of the molecule is CC(O)C(C)Nc1c(Cl)cc(F)cc1Br. The normalized spacial score (nSPS) is 14.8. The quantitative estimate of drug-likeness (QED) is 0.896. The van der Waals surface area contributed by atoms with Gasteiger partial charge in [0.25, 0.3) is 0 Å². The van der Waals surface area contributed by atoms with Gasteiger partial charge in [0.2, 0.25) is 0 Å². The number of aliphatic hydroxyl groups excluding tert-OH is 1. The summed E-state index contributed by atoms with van der Waals surface area (Å²) in [5.41, 5.74) is 0.589. The van der Waals surface area contributed by atoms with E-state index in [9.17, 15) is 9.50 Å². The summed E-state index contributed by atoms with van der Waals surface area (Å²) in [7, 11) is 0. The Morgan fingerprint density at radius 3 is 2.53 bits per heavy atom. The molecule has 84 valence electrons. The fourth-order valence-electron chi connectivity index (χ4n) is 1.03. The van der Waals surface area contributed by atoms with Crippen molar-refractivity contribution in [2.24, 2.45) is 0 Å². The van der Waals surface area contributed by atoms with E-state index < -0.39 is 11.9 Å². The zero-order valence-corrected chi connectivity index (χ0v) is 10.7. The van der Waals surface area contributed by atoms with E-state index in [-0.39, 0.29) is 11.1 Å². The number of rotatable bonds is 3. The van der Waals surface area contributed by atoms with Gasteiger partial charge in [0.05, 0.1) is 16.8 Å². The first kappa shape index (κ1) is 12.7. The van der Waals surface area contributed by atoms with E-state index in [1.807, 2.05) is 6.92 Å². The number of hydrogen-bond acceptors (Lipinski definition) is 2. The lowest BCUT2D eigenvalue weighted by atomic mass is 10.2. The summed E-state index contributed by atoms with van der Waals surface area (Å²) < 4.78 is 13.5. The first-order valence-electron chi connectivity index (χ1n) is 4.51. The Balaban J connectivity index is 2.95. The van der Waals surface area contributed by atoms with Crippen molar-refractivity contribution in [1.29, 1.82) is 0 Å². The third-order valence-corrected chi connectivity index (χ3v) is 3.03. The average Bonchev–Trinajstić information content (AvgIpc) is 2.10. The lowest BCUT2D eigenvalue weighted by Gasteiger charge is -2.19. The van der Waals surface area contributed by atoms with Crippen LogP contribution in [0.25, 0.3) is 0 Å². The largest absolute Gasteiger partial charge is 0.391 e. The Morgan fingerprint density at radius 2 is 2.07 bits per heavy atom. The Hall–Kier alpha value is -0.320.